The van der Waals surface area contributed by atoms with Gasteiger partial charge in [-0.25, -0.2) is 4.83 Å². The topological polar surface area (TPSA) is 0 Å². The van der Waals surface area contributed by atoms with Crippen LogP contribution in [0.1, 0.15) is 65.2 Å². The molecule has 0 heterocycles. The fourth-order valence-corrected chi connectivity index (χ4v) is 2.71. The molecule has 0 aromatic rings. The van der Waals surface area contributed by atoms with Gasteiger partial charge in [0.15, 0.2) is 0 Å². The van der Waals surface area contributed by atoms with Gasteiger partial charge in [-0.05, 0) is 0 Å². The number of hydrogen-bond donors (Lipinski definition) is 0. The number of rotatable bonds is 2. The van der Waals surface area contributed by atoms with E-state index in [1.165, 1.54) is 38.5 Å². The quantitative estimate of drug-likeness (QED) is 0.525. The van der Waals surface area contributed by atoms with Crippen molar-refractivity contribution in [3.63, 3.8) is 0 Å². The van der Waals surface area contributed by atoms with Gasteiger partial charge in [0.2, 0.25) is 0 Å². The molecule has 0 spiro atoms. The standard InChI is InChI=1S/C7H10Br.2C4H9.Li.Zn/c8-7-5-3-1-2-4-6(5)7;2*1-3-4-2;;/h5-6H,1-4H2;2*1,3-4H2,2H3;;/q3*-1;+1;+2/t5-,6+;;;;. The molecule has 0 saturated heterocycles. The maximum absolute atomic E-state index is 3.60. The van der Waals surface area contributed by atoms with E-state index in [0.29, 0.717) is 0 Å². The van der Waals surface area contributed by atoms with Crippen molar-refractivity contribution < 1.29 is 38.3 Å². The maximum Gasteiger partial charge on any atom is 2.00 e. The van der Waals surface area contributed by atoms with E-state index in [1.54, 1.807) is 4.83 Å². The van der Waals surface area contributed by atoms with Crippen molar-refractivity contribution in [1.82, 2.24) is 0 Å². The summed E-state index contributed by atoms with van der Waals surface area (Å²) in [5, 5.41) is 0. The summed E-state index contributed by atoms with van der Waals surface area (Å²) in [6.07, 6.45) is 10.4. The molecular formula is C15H28BrLiZn. The van der Waals surface area contributed by atoms with Crippen LogP contribution in [0.5, 0.6) is 0 Å². The zero-order chi connectivity index (χ0) is 12.4. The Kier molecular flexibility index (Phi) is 23.0. The molecule has 0 bridgehead atoms. The molecule has 18 heavy (non-hydrogen) atoms. The Morgan fingerprint density at radius 3 is 1.44 bits per heavy atom. The van der Waals surface area contributed by atoms with Gasteiger partial charge in [0.1, 0.15) is 0 Å². The van der Waals surface area contributed by atoms with E-state index >= 15 is 0 Å². The Bertz CT molecular complexity index is 135. The van der Waals surface area contributed by atoms with E-state index in [-0.39, 0.29) is 38.3 Å². The molecular weight excluding hydrogens is 332 g/mol. The zero-order valence-corrected chi connectivity index (χ0v) is 17.4. The Morgan fingerprint density at radius 2 is 1.28 bits per heavy atom. The molecule has 0 radical (unpaired) electrons. The SMILES string of the molecule is Br[C-]1[C@H]2CCCC[C@@H]12.[CH2-]CCC.[CH2-]CCC.[Li+].[Zn+2]. The van der Waals surface area contributed by atoms with Crippen LogP contribution in [0.4, 0.5) is 0 Å². The van der Waals surface area contributed by atoms with Crippen molar-refractivity contribution in [1.29, 1.82) is 0 Å². The van der Waals surface area contributed by atoms with Gasteiger partial charge in [-0.1, -0.05) is 52.4 Å². The second-order valence-electron chi connectivity index (χ2n) is 4.59. The van der Waals surface area contributed by atoms with E-state index in [4.69, 9.17) is 0 Å². The first-order valence-electron chi connectivity index (χ1n) is 6.83. The molecule has 2 rings (SSSR count). The van der Waals surface area contributed by atoms with Gasteiger partial charge >= 0.3 is 38.3 Å². The van der Waals surface area contributed by atoms with Crippen LogP contribution in [-0.4, -0.2) is 0 Å². The first kappa shape index (κ1) is 24.7. The number of fused-ring (bicyclic) bond motifs is 1. The molecule has 98 valence electrons. The summed E-state index contributed by atoms with van der Waals surface area (Å²) in [6, 6.07) is 0. The third-order valence-electron chi connectivity index (χ3n) is 3.07. The summed E-state index contributed by atoms with van der Waals surface area (Å²) in [4.78, 5) is 1.62. The van der Waals surface area contributed by atoms with Gasteiger partial charge in [-0.3, -0.25) is 0 Å². The van der Waals surface area contributed by atoms with Crippen molar-refractivity contribution in [2.75, 3.05) is 0 Å². The largest absolute Gasteiger partial charge is 2.00 e. The monoisotopic (exact) mass is 358 g/mol. The summed E-state index contributed by atoms with van der Waals surface area (Å²) < 4.78 is 0. The first-order chi connectivity index (χ1) is 7.72. The Balaban J connectivity index is -0.000000199. The molecule has 3 heteroatoms. The van der Waals surface area contributed by atoms with Crippen LogP contribution in [0.3, 0.4) is 0 Å². The smallest absolute Gasteiger partial charge is 0.343 e. The van der Waals surface area contributed by atoms with Gasteiger partial charge in [0.05, 0.1) is 0 Å². The minimum Gasteiger partial charge on any atom is -0.343 e. The van der Waals surface area contributed by atoms with Crippen LogP contribution in [0.2, 0.25) is 0 Å². The first-order valence-corrected chi connectivity index (χ1v) is 7.62. The zero-order valence-electron chi connectivity index (χ0n) is 12.8. The Morgan fingerprint density at radius 1 is 1.00 bits per heavy atom. The predicted octanol–water partition coefficient (Wildman–Crippen LogP) is 2.98. The van der Waals surface area contributed by atoms with Crippen LogP contribution in [-0.2, 0) is 19.5 Å². The van der Waals surface area contributed by atoms with Crippen LogP contribution >= 0.6 is 15.9 Å². The molecule has 0 aromatic carbocycles. The summed E-state index contributed by atoms with van der Waals surface area (Å²) in [7, 11) is 0. The molecule has 0 nitrogen and oxygen atoms in total. The summed E-state index contributed by atoms with van der Waals surface area (Å²) >= 11 is 3.59. The predicted molar refractivity (Wildman–Crippen MR) is 78.1 cm³/mol. The van der Waals surface area contributed by atoms with E-state index in [1.807, 2.05) is 0 Å². The van der Waals surface area contributed by atoms with Gasteiger partial charge in [0, 0.05) is 0 Å². The van der Waals surface area contributed by atoms with Gasteiger partial charge in [0.25, 0.3) is 0 Å². The average molecular weight is 361 g/mol. The average Bonchev–Trinajstić information content (AvgIpc) is 3.02. The minimum absolute atomic E-state index is 0. The molecule has 2 atom stereocenters. The van der Waals surface area contributed by atoms with E-state index in [2.05, 4.69) is 43.6 Å². The van der Waals surface area contributed by atoms with Crippen molar-refractivity contribution in [2.24, 2.45) is 11.8 Å². The van der Waals surface area contributed by atoms with Gasteiger partial charge in [-0.2, -0.15) is 24.7 Å². The molecule has 2 aliphatic carbocycles. The fraction of sp³-hybridized carbons (Fsp3) is 0.800. The van der Waals surface area contributed by atoms with Crippen LogP contribution in [0, 0.1) is 30.5 Å². The summed E-state index contributed by atoms with van der Waals surface area (Å²) in [5.41, 5.74) is 0. The number of halogens is 1. The van der Waals surface area contributed by atoms with E-state index in [9.17, 15) is 0 Å². The van der Waals surface area contributed by atoms with E-state index in [0.717, 1.165) is 24.7 Å². The van der Waals surface area contributed by atoms with Crippen molar-refractivity contribution >= 4 is 15.9 Å². The van der Waals surface area contributed by atoms with Gasteiger partial charge in [-0.15, -0.1) is 0 Å². The molecule has 0 unspecified atom stereocenters. The van der Waals surface area contributed by atoms with Crippen molar-refractivity contribution in [3.8, 4) is 0 Å². The molecule has 0 N–H and O–H groups in total. The molecule has 0 aromatic heterocycles. The van der Waals surface area contributed by atoms with Crippen LogP contribution in [0.15, 0.2) is 0 Å². The molecule has 2 aliphatic rings. The summed E-state index contributed by atoms with van der Waals surface area (Å²) in [6.45, 7) is 11.4. The minimum atomic E-state index is 0. The maximum atomic E-state index is 3.60. The normalized spacial score (nSPS) is 23.8. The molecule has 2 saturated carbocycles. The van der Waals surface area contributed by atoms with Crippen LogP contribution in [0.25, 0.3) is 0 Å². The Hall–Kier alpha value is 1.70. The van der Waals surface area contributed by atoms with Crippen LogP contribution < -0.4 is 18.9 Å². The molecule has 0 amide bonds. The Labute approximate surface area is 149 Å². The number of unbranched alkanes of at least 4 members (excludes halogenated alkanes) is 2. The number of hydrogen-bond acceptors (Lipinski definition) is 0. The fourth-order valence-electron chi connectivity index (χ4n) is 1.75. The second kappa shape index (κ2) is 16.8. The van der Waals surface area contributed by atoms with Crippen molar-refractivity contribution in [3.05, 3.63) is 18.7 Å². The van der Waals surface area contributed by atoms with Crippen molar-refractivity contribution in [2.45, 2.75) is 65.2 Å². The third-order valence-corrected chi connectivity index (χ3v) is 4.25. The molecule has 0 aliphatic heterocycles. The summed E-state index contributed by atoms with van der Waals surface area (Å²) in [5.74, 6) is 2.01. The van der Waals surface area contributed by atoms with Gasteiger partial charge < -0.3 is 29.8 Å². The third kappa shape index (κ3) is 11.5. The van der Waals surface area contributed by atoms with E-state index < -0.39 is 0 Å². The second-order valence-corrected chi connectivity index (χ2v) is 5.51. The molecule has 2 fully saturated rings.